The molecule has 6 heteroatoms. The summed E-state index contributed by atoms with van der Waals surface area (Å²) in [4.78, 5) is 11.7. The predicted molar refractivity (Wildman–Crippen MR) is 76.4 cm³/mol. The molecule has 2 aromatic carbocycles. The molecule has 1 N–H and O–H groups in total. The first-order chi connectivity index (χ1) is 10.1. The molecule has 0 aromatic heterocycles. The smallest absolute Gasteiger partial charge is 0.412 e. The SMILES string of the molecule is N#Cc1cc(F)cc(Cl)c1NC(=O)OCc1ccccc1. The summed E-state index contributed by atoms with van der Waals surface area (Å²) in [6.07, 6.45) is -0.774. The van der Waals surface area contributed by atoms with E-state index in [1.807, 2.05) is 18.2 Å². The second-order valence-electron chi connectivity index (χ2n) is 4.11. The third-order valence-corrected chi connectivity index (χ3v) is 2.91. The van der Waals surface area contributed by atoms with Crippen molar-refractivity contribution in [1.29, 1.82) is 5.26 Å². The van der Waals surface area contributed by atoms with Gasteiger partial charge in [0.15, 0.2) is 0 Å². The number of hydrogen-bond donors (Lipinski definition) is 1. The molecule has 0 unspecified atom stereocenters. The monoisotopic (exact) mass is 304 g/mol. The Labute approximate surface area is 125 Å². The fourth-order valence-electron chi connectivity index (χ4n) is 1.65. The summed E-state index contributed by atoms with van der Waals surface area (Å²) < 4.78 is 18.1. The van der Waals surface area contributed by atoms with Crippen LogP contribution in [0.4, 0.5) is 14.9 Å². The van der Waals surface area contributed by atoms with Crippen molar-refractivity contribution in [2.75, 3.05) is 5.32 Å². The van der Waals surface area contributed by atoms with E-state index in [4.69, 9.17) is 21.6 Å². The van der Waals surface area contributed by atoms with E-state index in [1.54, 1.807) is 18.2 Å². The molecule has 1 amide bonds. The molecule has 0 saturated heterocycles. The normalized spacial score (nSPS) is 9.76. The highest BCUT2D eigenvalue weighted by atomic mass is 35.5. The van der Waals surface area contributed by atoms with Crippen molar-refractivity contribution in [3.8, 4) is 6.07 Å². The van der Waals surface area contributed by atoms with Gasteiger partial charge in [-0.05, 0) is 17.7 Å². The summed E-state index contributed by atoms with van der Waals surface area (Å²) >= 11 is 5.81. The molecule has 0 saturated carbocycles. The minimum Gasteiger partial charge on any atom is -0.444 e. The summed E-state index contributed by atoms with van der Waals surface area (Å²) in [7, 11) is 0. The Balaban J connectivity index is 2.05. The number of nitrogens with one attached hydrogen (secondary N) is 1. The zero-order valence-electron chi connectivity index (χ0n) is 10.8. The van der Waals surface area contributed by atoms with E-state index in [0.717, 1.165) is 17.7 Å². The lowest BCUT2D eigenvalue weighted by Crippen LogP contribution is -2.15. The average Bonchev–Trinajstić information content (AvgIpc) is 2.48. The van der Waals surface area contributed by atoms with Gasteiger partial charge in [-0.25, -0.2) is 9.18 Å². The highest BCUT2D eigenvalue weighted by molar-refractivity contribution is 6.34. The minimum atomic E-state index is -0.774. The number of rotatable bonds is 3. The number of carbonyl (C=O) groups excluding carboxylic acids is 1. The Morgan fingerprint density at radius 3 is 2.71 bits per heavy atom. The fourth-order valence-corrected chi connectivity index (χ4v) is 1.90. The fraction of sp³-hybridized carbons (Fsp3) is 0.0667. The van der Waals surface area contributed by atoms with Crippen molar-refractivity contribution >= 4 is 23.4 Å². The van der Waals surface area contributed by atoms with Crippen LogP contribution in [-0.2, 0) is 11.3 Å². The summed E-state index contributed by atoms with van der Waals surface area (Å²) in [6.45, 7) is 0.0768. The molecule has 4 nitrogen and oxygen atoms in total. The molecule has 0 fully saturated rings. The Hall–Kier alpha value is -2.58. The van der Waals surface area contributed by atoms with Gasteiger partial charge in [-0.2, -0.15) is 5.26 Å². The van der Waals surface area contributed by atoms with Crippen molar-refractivity contribution in [2.45, 2.75) is 6.61 Å². The van der Waals surface area contributed by atoms with Crippen LogP contribution in [0.1, 0.15) is 11.1 Å². The average molecular weight is 305 g/mol. The van der Waals surface area contributed by atoms with Crippen LogP contribution >= 0.6 is 11.6 Å². The lowest BCUT2D eigenvalue weighted by Gasteiger charge is -2.10. The van der Waals surface area contributed by atoms with Gasteiger partial charge in [0.1, 0.15) is 18.5 Å². The van der Waals surface area contributed by atoms with E-state index in [1.165, 1.54) is 0 Å². The number of amides is 1. The van der Waals surface area contributed by atoms with Crippen LogP contribution in [0.2, 0.25) is 5.02 Å². The standard InChI is InChI=1S/C15H10ClFN2O2/c16-13-7-12(17)6-11(8-18)14(13)19-15(20)21-9-10-4-2-1-3-5-10/h1-7H,9H2,(H,19,20). The molecule has 0 heterocycles. The van der Waals surface area contributed by atoms with Gasteiger partial charge in [0.05, 0.1) is 16.3 Å². The van der Waals surface area contributed by atoms with Crippen LogP contribution in [-0.4, -0.2) is 6.09 Å². The van der Waals surface area contributed by atoms with Crippen LogP contribution in [0.25, 0.3) is 0 Å². The van der Waals surface area contributed by atoms with Crippen LogP contribution in [0.15, 0.2) is 42.5 Å². The van der Waals surface area contributed by atoms with E-state index in [0.29, 0.717) is 0 Å². The quantitative estimate of drug-likeness (QED) is 0.928. The number of carbonyl (C=O) groups is 1. The second-order valence-corrected chi connectivity index (χ2v) is 4.52. The molecule has 0 aliphatic carbocycles. The van der Waals surface area contributed by atoms with E-state index < -0.39 is 11.9 Å². The lowest BCUT2D eigenvalue weighted by molar-refractivity contribution is 0.155. The van der Waals surface area contributed by atoms with Crippen LogP contribution < -0.4 is 5.32 Å². The van der Waals surface area contributed by atoms with Gasteiger partial charge in [-0.3, -0.25) is 5.32 Å². The topological polar surface area (TPSA) is 62.1 Å². The maximum Gasteiger partial charge on any atom is 0.412 e. The molecule has 0 bridgehead atoms. The third kappa shape index (κ3) is 3.94. The lowest BCUT2D eigenvalue weighted by atomic mass is 10.2. The van der Waals surface area contributed by atoms with Gasteiger partial charge in [0.25, 0.3) is 0 Å². The van der Waals surface area contributed by atoms with Gasteiger partial charge in [0.2, 0.25) is 0 Å². The Morgan fingerprint density at radius 1 is 1.33 bits per heavy atom. The Bertz CT molecular complexity index is 699. The number of anilines is 1. The first kappa shape index (κ1) is 14.8. The summed E-state index contributed by atoms with van der Waals surface area (Å²) in [5, 5.41) is 11.2. The molecule has 0 spiro atoms. The van der Waals surface area contributed by atoms with E-state index in [2.05, 4.69) is 5.32 Å². The molecule has 21 heavy (non-hydrogen) atoms. The van der Waals surface area contributed by atoms with E-state index in [-0.39, 0.29) is 22.9 Å². The first-order valence-corrected chi connectivity index (χ1v) is 6.35. The van der Waals surface area contributed by atoms with Gasteiger partial charge >= 0.3 is 6.09 Å². The van der Waals surface area contributed by atoms with Gasteiger partial charge < -0.3 is 4.74 Å². The van der Waals surface area contributed by atoms with Crippen LogP contribution in [0.3, 0.4) is 0 Å². The zero-order valence-corrected chi connectivity index (χ0v) is 11.5. The maximum atomic E-state index is 13.1. The number of nitriles is 1. The molecule has 2 aromatic rings. The molecule has 106 valence electrons. The van der Waals surface area contributed by atoms with Crippen molar-refractivity contribution in [3.63, 3.8) is 0 Å². The molecular formula is C15H10ClFN2O2. The van der Waals surface area contributed by atoms with Crippen molar-refractivity contribution in [1.82, 2.24) is 0 Å². The number of hydrogen-bond acceptors (Lipinski definition) is 3. The maximum absolute atomic E-state index is 13.1. The van der Waals surface area contributed by atoms with Crippen molar-refractivity contribution in [3.05, 3.63) is 64.4 Å². The highest BCUT2D eigenvalue weighted by Crippen LogP contribution is 2.27. The number of benzene rings is 2. The van der Waals surface area contributed by atoms with Gasteiger partial charge in [-0.1, -0.05) is 41.9 Å². The molecule has 0 atom stereocenters. The molecular weight excluding hydrogens is 295 g/mol. The zero-order chi connectivity index (χ0) is 15.2. The summed E-state index contributed by atoms with van der Waals surface area (Å²) in [6, 6.07) is 12.9. The number of halogens is 2. The van der Waals surface area contributed by atoms with E-state index >= 15 is 0 Å². The summed E-state index contributed by atoms with van der Waals surface area (Å²) in [5.41, 5.74) is 0.772. The number of nitrogens with zero attached hydrogens (tertiary/aromatic N) is 1. The van der Waals surface area contributed by atoms with Crippen molar-refractivity contribution in [2.24, 2.45) is 0 Å². The van der Waals surface area contributed by atoms with Crippen LogP contribution in [0.5, 0.6) is 0 Å². The first-order valence-electron chi connectivity index (χ1n) is 5.97. The molecule has 0 aliphatic rings. The highest BCUT2D eigenvalue weighted by Gasteiger charge is 2.13. The van der Waals surface area contributed by atoms with Crippen molar-refractivity contribution < 1.29 is 13.9 Å². The minimum absolute atomic E-state index is 0.0265. The Morgan fingerprint density at radius 2 is 2.05 bits per heavy atom. The van der Waals surface area contributed by atoms with E-state index in [9.17, 15) is 9.18 Å². The molecule has 0 radical (unpaired) electrons. The Kier molecular flexibility index (Phi) is 4.75. The molecule has 0 aliphatic heterocycles. The molecule has 2 rings (SSSR count). The van der Waals surface area contributed by atoms with Gasteiger partial charge in [-0.15, -0.1) is 0 Å². The second kappa shape index (κ2) is 6.73. The summed E-state index contributed by atoms with van der Waals surface area (Å²) in [5.74, 6) is -0.653. The number of ether oxygens (including phenoxy) is 1. The predicted octanol–water partition coefficient (Wildman–Crippen LogP) is 4.10. The van der Waals surface area contributed by atoms with Gasteiger partial charge in [0, 0.05) is 0 Å². The largest absolute Gasteiger partial charge is 0.444 e. The van der Waals surface area contributed by atoms with Crippen LogP contribution in [0, 0.1) is 17.1 Å². The third-order valence-electron chi connectivity index (χ3n) is 2.62.